The maximum Gasteiger partial charge on any atom is 0.416 e. The van der Waals surface area contributed by atoms with Crippen LogP contribution in [0, 0.1) is 0 Å². The highest BCUT2D eigenvalue weighted by Gasteiger charge is 2.32. The second-order valence-corrected chi connectivity index (χ2v) is 12.2. The monoisotopic (exact) mass is 618 g/mol. The second kappa shape index (κ2) is 11.5. The van der Waals surface area contributed by atoms with E-state index in [-0.39, 0.29) is 12.5 Å². The molecule has 1 atom stereocenters. The van der Waals surface area contributed by atoms with Gasteiger partial charge in [0, 0.05) is 81.0 Å². The first kappa shape index (κ1) is 28.9. The molecule has 0 radical (unpaired) electrons. The average molecular weight is 619 g/mol. The zero-order valence-corrected chi connectivity index (χ0v) is 24.5. The topological polar surface area (TPSA) is 77.7 Å². The number of alkyl halides is 3. The number of carbonyl (C=O) groups excluding carboxylic acids is 1. The van der Waals surface area contributed by atoms with Crippen LogP contribution in [0.15, 0.2) is 42.5 Å². The fraction of sp³-hybridized carbons (Fsp3) is 0.414. The Morgan fingerprint density at radius 2 is 1.81 bits per heavy atom. The molecule has 13 heteroatoms. The standard InChI is InChI=1S/C29H30ClF3N6O2S/c1-18(40)38-9-8-25-23(17-38)27(19-2-4-20(5-3-19)29(31,32)33)35-39(25)16-22(41)15-36-10-12-37(13-11-36)28-34-24-7-6-21(30)14-26(24)42-28/h2-7,14,22,41H,8-13,15-17H2,1H3. The normalized spacial score (nSPS) is 17.1. The first-order valence-electron chi connectivity index (χ1n) is 13.8. The summed E-state index contributed by atoms with van der Waals surface area (Å²) in [7, 11) is 0. The summed E-state index contributed by atoms with van der Waals surface area (Å²) >= 11 is 7.75. The Balaban J connectivity index is 1.14. The molecular weight excluding hydrogens is 589 g/mol. The molecule has 222 valence electrons. The van der Waals surface area contributed by atoms with Crippen molar-refractivity contribution in [3.05, 3.63) is 64.3 Å². The second-order valence-electron chi connectivity index (χ2n) is 10.8. The smallest absolute Gasteiger partial charge is 0.390 e. The van der Waals surface area contributed by atoms with Gasteiger partial charge in [0.15, 0.2) is 5.13 Å². The minimum Gasteiger partial charge on any atom is -0.390 e. The molecule has 8 nitrogen and oxygen atoms in total. The maximum atomic E-state index is 13.1. The van der Waals surface area contributed by atoms with Gasteiger partial charge < -0.3 is 14.9 Å². The lowest BCUT2D eigenvalue weighted by Crippen LogP contribution is -2.49. The van der Waals surface area contributed by atoms with Gasteiger partial charge >= 0.3 is 6.18 Å². The van der Waals surface area contributed by atoms with E-state index in [0.29, 0.717) is 42.3 Å². The van der Waals surface area contributed by atoms with Crippen molar-refractivity contribution in [2.75, 3.05) is 44.2 Å². The molecule has 2 aliphatic heterocycles. The van der Waals surface area contributed by atoms with Gasteiger partial charge in [-0.3, -0.25) is 14.4 Å². The molecule has 0 bridgehead atoms. The zero-order valence-electron chi connectivity index (χ0n) is 22.9. The van der Waals surface area contributed by atoms with Gasteiger partial charge in [0.2, 0.25) is 5.91 Å². The molecule has 1 unspecified atom stereocenters. The van der Waals surface area contributed by atoms with Crippen LogP contribution in [0.5, 0.6) is 0 Å². The average Bonchev–Trinajstić information content (AvgIpc) is 3.54. The molecule has 2 aromatic carbocycles. The summed E-state index contributed by atoms with van der Waals surface area (Å²) in [5.74, 6) is -0.0689. The molecule has 0 aliphatic carbocycles. The number of aliphatic hydroxyl groups excluding tert-OH is 1. The fourth-order valence-corrected chi connectivity index (χ4v) is 6.95. The lowest BCUT2D eigenvalue weighted by Gasteiger charge is -2.35. The molecule has 0 spiro atoms. The highest BCUT2D eigenvalue weighted by atomic mass is 35.5. The number of carbonyl (C=O) groups is 1. The van der Waals surface area contributed by atoms with Crippen molar-refractivity contribution in [2.45, 2.75) is 38.7 Å². The van der Waals surface area contributed by atoms with Crippen LogP contribution in [0.25, 0.3) is 21.5 Å². The molecule has 42 heavy (non-hydrogen) atoms. The summed E-state index contributed by atoms with van der Waals surface area (Å²) in [5, 5.41) is 17.5. The van der Waals surface area contributed by atoms with E-state index < -0.39 is 17.8 Å². The number of thiazole rings is 1. The number of hydrogen-bond acceptors (Lipinski definition) is 7. The largest absolute Gasteiger partial charge is 0.416 e. The number of nitrogens with zero attached hydrogens (tertiary/aromatic N) is 6. The highest BCUT2D eigenvalue weighted by molar-refractivity contribution is 7.22. The number of benzene rings is 2. The number of piperazine rings is 1. The summed E-state index contributed by atoms with van der Waals surface area (Å²) in [5.41, 5.74) is 3.01. The molecule has 1 saturated heterocycles. The summed E-state index contributed by atoms with van der Waals surface area (Å²) in [4.78, 5) is 23.0. The van der Waals surface area contributed by atoms with Gasteiger partial charge in [-0.05, 0) is 30.3 Å². The highest BCUT2D eigenvalue weighted by Crippen LogP contribution is 2.34. The Morgan fingerprint density at radius 3 is 2.50 bits per heavy atom. The molecule has 6 rings (SSSR count). The molecule has 4 heterocycles. The zero-order chi connectivity index (χ0) is 29.6. The number of aliphatic hydroxyl groups is 1. The van der Waals surface area contributed by atoms with Crippen LogP contribution < -0.4 is 4.90 Å². The number of fused-ring (bicyclic) bond motifs is 2. The van der Waals surface area contributed by atoms with Gasteiger partial charge in [-0.1, -0.05) is 35.1 Å². The van der Waals surface area contributed by atoms with Crippen LogP contribution in [0.3, 0.4) is 0 Å². The van der Waals surface area contributed by atoms with E-state index in [1.54, 1.807) is 20.9 Å². The van der Waals surface area contributed by atoms with E-state index in [2.05, 4.69) is 9.80 Å². The molecule has 1 amide bonds. The number of β-amino-alcohol motifs (C(OH)–C–C–N with tert-alkyl or cyclic N) is 1. The summed E-state index contributed by atoms with van der Waals surface area (Å²) in [6.45, 7) is 6.20. The third-order valence-corrected chi connectivity index (χ3v) is 9.21. The minimum atomic E-state index is -4.43. The van der Waals surface area contributed by atoms with Crippen molar-refractivity contribution < 1.29 is 23.1 Å². The Bertz CT molecular complexity index is 1600. The van der Waals surface area contributed by atoms with E-state index >= 15 is 0 Å². The van der Waals surface area contributed by atoms with Gasteiger partial charge in [0.05, 0.1) is 34.1 Å². The van der Waals surface area contributed by atoms with Crippen LogP contribution in [-0.2, 0) is 30.5 Å². The Kier molecular flexibility index (Phi) is 7.90. The van der Waals surface area contributed by atoms with Crippen molar-refractivity contribution in [3.8, 4) is 11.3 Å². The predicted molar refractivity (Wildman–Crippen MR) is 157 cm³/mol. The van der Waals surface area contributed by atoms with E-state index in [9.17, 15) is 23.1 Å². The lowest BCUT2D eigenvalue weighted by atomic mass is 10.00. The van der Waals surface area contributed by atoms with Crippen LogP contribution in [-0.4, -0.2) is 81.0 Å². The summed E-state index contributed by atoms with van der Waals surface area (Å²) in [6.07, 6.45) is -4.57. The number of anilines is 1. The van der Waals surface area contributed by atoms with Gasteiger partial charge in [0.25, 0.3) is 0 Å². The SMILES string of the molecule is CC(=O)N1CCc2c(c(-c3ccc(C(F)(F)F)cc3)nn2CC(O)CN2CCN(c3nc4ccc(Cl)cc4s3)CC2)C1. The number of hydrogen-bond donors (Lipinski definition) is 1. The van der Waals surface area contributed by atoms with Gasteiger partial charge in [-0.25, -0.2) is 4.98 Å². The number of aromatic nitrogens is 3. The van der Waals surface area contributed by atoms with Crippen LogP contribution in [0.2, 0.25) is 5.02 Å². The minimum absolute atomic E-state index is 0.0689. The molecule has 4 aromatic rings. The molecular formula is C29H30ClF3N6O2S. The predicted octanol–water partition coefficient (Wildman–Crippen LogP) is 4.92. The van der Waals surface area contributed by atoms with Gasteiger partial charge in [-0.2, -0.15) is 18.3 Å². The Morgan fingerprint density at radius 1 is 1.07 bits per heavy atom. The van der Waals surface area contributed by atoms with E-state index in [1.807, 2.05) is 18.2 Å². The molecule has 1 fully saturated rings. The van der Waals surface area contributed by atoms with E-state index in [0.717, 1.165) is 64.9 Å². The lowest BCUT2D eigenvalue weighted by molar-refractivity contribution is -0.137. The van der Waals surface area contributed by atoms with E-state index in [4.69, 9.17) is 21.7 Å². The third kappa shape index (κ3) is 5.98. The number of amides is 1. The van der Waals surface area contributed by atoms with Crippen molar-refractivity contribution in [2.24, 2.45) is 0 Å². The maximum absolute atomic E-state index is 13.1. The quantitative estimate of drug-likeness (QED) is 0.331. The molecule has 1 N–H and O–H groups in total. The van der Waals surface area contributed by atoms with Crippen molar-refractivity contribution in [3.63, 3.8) is 0 Å². The van der Waals surface area contributed by atoms with Gasteiger partial charge in [0.1, 0.15) is 0 Å². The van der Waals surface area contributed by atoms with Gasteiger partial charge in [-0.15, -0.1) is 0 Å². The van der Waals surface area contributed by atoms with Crippen LogP contribution in [0.1, 0.15) is 23.7 Å². The van der Waals surface area contributed by atoms with Crippen molar-refractivity contribution in [1.82, 2.24) is 24.6 Å². The molecule has 2 aliphatic rings. The van der Waals surface area contributed by atoms with Crippen molar-refractivity contribution >= 4 is 44.2 Å². The fourth-order valence-electron chi connectivity index (χ4n) is 5.66. The van der Waals surface area contributed by atoms with Crippen molar-refractivity contribution in [1.29, 1.82) is 0 Å². The Labute approximate surface area is 249 Å². The first-order valence-corrected chi connectivity index (χ1v) is 15.0. The first-order chi connectivity index (χ1) is 20.0. The molecule has 0 saturated carbocycles. The molecule has 2 aromatic heterocycles. The summed E-state index contributed by atoms with van der Waals surface area (Å²) < 4.78 is 42.2. The number of halogens is 4. The van der Waals surface area contributed by atoms with E-state index in [1.165, 1.54) is 19.1 Å². The van der Waals surface area contributed by atoms with Crippen LogP contribution in [0.4, 0.5) is 18.3 Å². The summed E-state index contributed by atoms with van der Waals surface area (Å²) in [6, 6.07) is 10.6. The third-order valence-electron chi connectivity index (χ3n) is 7.90. The van der Waals surface area contributed by atoms with Crippen LogP contribution >= 0.6 is 22.9 Å². The Hall–Kier alpha value is -3.19. The number of rotatable bonds is 6.